The molecule has 0 unspecified atom stereocenters. The molecule has 28 heavy (non-hydrogen) atoms. The second kappa shape index (κ2) is 9.95. The van der Waals surface area contributed by atoms with Crippen LogP contribution in [0, 0.1) is 0 Å². The molecule has 0 atom stereocenters. The van der Waals surface area contributed by atoms with Crippen LogP contribution in [-0.2, 0) is 20.0 Å². The molecule has 0 aliphatic heterocycles. The van der Waals surface area contributed by atoms with Crippen molar-refractivity contribution < 1.29 is 16.8 Å². The molecule has 0 amide bonds. The number of hydrogen-bond acceptors (Lipinski definition) is 4. The SMILES string of the molecule is O=S(=O)(NCCCCNS(=O)(=O)c1cc(Cl)ccc1Cl)c1cc(Cl)ccc1Cl. The second-order valence-electron chi connectivity index (χ2n) is 5.65. The molecule has 12 heteroatoms. The van der Waals surface area contributed by atoms with Gasteiger partial charge >= 0.3 is 0 Å². The van der Waals surface area contributed by atoms with Crippen LogP contribution in [0.25, 0.3) is 0 Å². The maximum absolute atomic E-state index is 12.3. The third-order valence-corrected chi connectivity index (χ3v) is 7.91. The molecule has 0 saturated carbocycles. The molecule has 2 rings (SSSR count). The van der Waals surface area contributed by atoms with Gasteiger partial charge in [0.1, 0.15) is 9.79 Å². The molecule has 2 aromatic rings. The van der Waals surface area contributed by atoms with Crippen LogP contribution in [-0.4, -0.2) is 29.9 Å². The summed E-state index contributed by atoms with van der Waals surface area (Å²) in [6.07, 6.45) is 0.784. The fourth-order valence-electron chi connectivity index (χ4n) is 2.18. The second-order valence-corrected chi connectivity index (χ2v) is 10.8. The first-order valence-corrected chi connectivity index (χ1v) is 12.4. The summed E-state index contributed by atoms with van der Waals surface area (Å²) >= 11 is 23.4. The lowest BCUT2D eigenvalue weighted by Crippen LogP contribution is -2.28. The average molecular weight is 506 g/mol. The summed E-state index contributed by atoms with van der Waals surface area (Å²) in [6.45, 7) is 0.204. The standard InChI is InChI=1S/C16H16Cl4N2O4S2/c17-11-3-5-13(19)15(9-11)27(23,24)21-7-1-2-8-22-28(25,26)16-10-12(18)4-6-14(16)20/h3-6,9-10,21-22H,1-2,7-8H2. The Kier molecular flexibility index (Phi) is 8.42. The first-order valence-electron chi connectivity index (χ1n) is 7.92. The summed E-state index contributed by atoms with van der Waals surface area (Å²) in [6, 6.07) is 8.29. The van der Waals surface area contributed by atoms with Crippen LogP contribution in [0.2, 0.25) is 20.1 Å². The van der Waals surface area contributed by atoms with Crippen molar-refractivity contribution in [2.24, 2.45) is 0 Å². The minimum Gasteiger partial charge on any atom is -0.211 e. The molecule has 0 aliphatic rings. The van der Waals surface area contributed by atoms with Crippen molar-refractivity contribution in [3.63, 3.8) is 0 Å². The topological polar surface area (TPSA) is 92.3 Å². The summed E-state index contributed by atoms with van der Waals surface area (Å²) in [4.78, 5) is -0.226. The smallest absolute Gasteiger partial charge is 0.211 e. The Balaban J connectivity index is 1.85. The highest BCUT2D eigenvalue weighted by Gasteiger charge is 2.19. The van der Waals surface area contributed by atoms with E-state index in [1.165, 1.54) is 36.4 Å². The van der Waals surface area contributed by atoms with E-state index in [0.717, 1.165) is 0 Å². The highest BCUT2D eigenvalue weighted by atomic mass is 35.5. The van der Waals surface area contributed by atoms with Gasteiger partial charge in [-0.25, -0.2) is 26.3 Å². The van der Waals surface area contributed by atoms with Crippen molar-refractivity contribution in [3.05, 3.63) is 56.5 Å². The molecule has 0 saturated heterocycles. The van der Waals surface area contributed by atoms with E-state index < -0.39 is 20.0 Å². The molecule has 0 heterocycles. The van der Waals surface area contributed by atoms with Crippen LogP contribution in [0.15, 0.2) is 46.2 Å². The van der Waals surface area contributed by atoms with Gasteiger partial charge in [0.15, 0.2) is 0 Å². The van der Waals surface area contributed by atoms with E-state index in [2.05, 4.69) is 9.44 Å². The van der Waals surface area contributed by atoms with E-state index in [1.54, 1.807) is 0 Å². The summed E-state index contributed by atoms with van der Waals surface area (Å²) in [5, 5.41) is 0.615. The molecule has 0 aliphatic carbocycles. The van der Waals surface area contributed by atoms with Crippen LogP contribution in [0.4, 0.5) is 0 Å². The summed E-state index contributed by atoms with van der Waals surface area (Å²) < 4.78 is 53.8. The summed E-state index contributed by atoms with van der Waals surface area (Å²) in [7, 11) is -7.64. The molecule has 6 nitrogen and oxygen atoms in total. The Morgan fingerprint density at radius 3 is 1.36 bits per heavy atom. The lowest BCUT2D eigenvalue weighted by atomic mass is 10.3. The van der Waals surface area contributed by atoms with E-state index in [1.807, 2.05) is 0 Å². The first kappa shape index (κ1) is 23.7. The first-order chi connectivity index (χ1) is 13.0. The number of rotatable bonds is 9. The van der Waals surface area contributed by atoms with Crippen molar-refractivity contribution in [1.82, 2.24) is 9.44 Å². The van der Waals surface area contributed by atoms with Gasteiger partial charge in [0.25, 0.3) is 0 Å². The molecule has 0 fully saturated rings. The molecule has 2 aromatic carbocycles. The largest absolute Gasteiger partial charge is 0.242 e. The van der Waals surface area contributed by atoms with Crippen LogP contribution in [0.3, 0.4) is 0 Å². The minimum absolute atomic E-state index is 0.0584. The van der Waals surface area contributed by atoms with Crippen molar-refractivity contribution >= 4 is 66.5 Å². The fraction of sp³-hybridized carbons (Fsp3) is 0.250. The number of benzene rings is 2. The van der Waals surface area contributed by atoms with Crippen LogP contribution >= 0.6 is 46.4 Å². The van der Waals surface area contributed by atoms with Gasteiger partial charge in [0.05, 0.1) is 10.0 Å². The van der Waals surface area contributed by atoms with Gasteiger partial charge in [-0.1, -0.05) is 46.4 Å². The fourth-order valence-corrected chi connectivity index (χ4v) is 5.85. The van der Waals surface area contributed by atoms with E-state index in [-0.39, 0.29) is 43.0 Å². The van der Waals surface area contributed by atoms with E-state index >= 15 is 0 Å². The molecular weight excluding hydrogens is 490 g/mol. The summed E-state index contributed by atoms with van der Waals surface area (Å²) in [5.74, 6) is 0. The highest BCUT2D eigenvalue weighted by Crippen LogP contribution is 2.25. The molecule has 0 bridgehead atoms. The Morgan fingerprint density at radius 2 is 1.00 bits per heavy atom. The lowest BCUT2D eigenvalue weighted by molar-refractivity contribution is 0.567. The Bertz CT molecular complexity index is 975. The lowest BCUT2D eigenvalue weighted by Gasteiger charge is -2.10. The predicted octanol–water partition coefficient (Wildman–Crippen LogP) is 4.34. The number of hydrogen-bond donors (Lipinski definition) is 2. The highest BCUT2D eigenvalue weighted by molar-refractivity contribution is 7.90. The van der Waals surface area contributed by atoms with Crippen molar-refractivity contribution in [1.29, 1.82) is 0 Å². The average Bonchev–Trinajstić information content (AvgIpc) is 2.61. The monoisotopic (exact) mass is 504 g/mol. The van der Waals surface area contributed by atoms with E-state index in [0.29, 0.717) is 12.8 Å². The normalized spacial score (nSPS) is 12.3. The molecule has 0 spiro atoms. The van der Waals surface area contributed by atoms with Crippen molar-refractivity contribution in [3.8, 4) is 0 Å². The molecular formula is C16H16Cl4N2O4S2. The maximum Gasteiger partial charge on any atom is 0.242 e. The zero-order valence-electron chi connectivity index (χ0n) is 14.3. The van der Waals surface area contributed by atoms with Gasteiger partial charge in [-0.05, 0) is 49.2 Å². The number of sulfonamides is 2. The van der Waals surface area contributed by atoms with E-state index in [4.69, 9.17) is 46.4 Å². The number of unbranched alkanes of at least 4 members (excludes halogenated alkanes) is 1. The van der Waals surface area contributed by atoms with Gasteiger partial charge in [0, 0.05) is 23.1 Å². The number of nitrogens with one attached hydrogen (secondary N) is 2. The van der Waals surface area contributed by atoms with Gasteiger partial charge in [-0.3, -0.25) is 0 Å². The Morgan fingerprint density at radius 1 is 0.643 bits per heavy atom. The Hall–Kier alpha value is -0.580. The Labute approximate surface area is 184 Å². The molecule has 2 N–H and O–H groups in total. The van der Waals surface area contributed by atoms with Gasteiger partial charge in [-0.15, -0.1) is 0 Å². The molecule has 0 aromatic heterocycles. The molecule has 154 valence electrons. The van der Waals surface area contributed by atoms with Gasteiger partial charge in [-0.2, -0.15) is 0 Å². The number of halogens is 4. The van der Waals surface area contributed by atoms with Gasteiger partial charge < -0.3 is 0 Å². The van der Waals surface area contributed by atoms with Crippen molar-refractivity contribution in [2.75, 3.05) is 13.1 Å². The predicted molar refractivity (Wildman–Crippen MR) is 113 cm³/mol. The zero-order valence-corrected chi connectivity index (χ0v) is 18.9. The van der Waals surface area contributed by atoms with Crippen LogP contribution in [0.1, 0.15) is 12.8 Å². The third-order valence-electron chi connectivity index (χ3n) is 3.55. The van der Waals surface area contributed by atoms with E-state index in [9.17, 15) is 16.8 Å². The third kappa shape index (κ3) is 6.47. The van der Waals surface area contributed by atoms with Crippen LogP contribution in [0.5, 0.6) is 0 Å². The minimum atomic E-state index is -3.82. The van der Waals surface area contributed by atoms with Gasteiger partial charge in [0.2, 0.25) is 20.0 Å². The zero-order chi connectivity index (χ0) is 20.9. The van der Waals surface area contributed by atoms with Crippen LogP contribution < -0.4 is 9.44 Å². The summed E-state index contributed by atoms with van der Waals surface area (Å²) in [5.41, 5.74) is 0. The quantitative estimate of drug-likeness (QED) is 0.496. The maximum atomic E-state index is 12.3. The van der Waals surface area contributed by atoms with Crippen molar-refractivity contribution in [2.45, 2.75) is 22.6 Å². The molecule has 0 radical (unpaired) electrons.